The largest absolute Gasteiger partial charge is 0.405 e. The van der Waals surface area contributed by atoms with E-state index in [1.165, 1.54) is 4.90 Å². The predicted octanol–water partition coefficient (Wildman–Crippen LogP) is 1.86. The van der Waals surface area contributed by atoms with Crippen LogP contribution in [0.2, 0.25) is 0 Å². The van der Waals surface area contributed by atoms with Crippen LogP contribution >= 0.6 is 0 Å². The van der Waals surface area contributed by atoms with E-state index >= 15 is 0 Å². The quantitative estimate of drug-likeness (QED) is 0.921. The molecule has 20 heavy (non-hydrogen) atoms. The molecule has 0 radical (unpaired) electrons. The van der Waals surface area contributed by atoms with Crippen LogP contribution in [0.3, 0.4) is 0 Å². The third-order valence-electron chi connectivity index (χ3n) is 3.81. The summed E-state index contributed by atoms with van der Waals surface area (Å²) in [5.41, 5.74) is 6.29. The summed E-state index contributed by atoms with van der Waals surface area (Å²) in [7, 11) is 1.93. The molecule has 3 nitrogen and oxygen atoms in total. The van der Waals surface area contributed by atoms with E-state index in [1.54, 1.807) is 0 Å². The van der Waals surface area contributed by atoms with Crippen molar-refractivity contribution in [2.24, 2.45) is 5.73 Å². The van der Waals surface area contributed by atoms with E-state index in [0.29, 0.717) is 19.6 Å². The summed E-state index contributed by atoms with van der Waals surface area (Å²) in [6.07, 6.45) is -4.29. The average molecular weight is 287 g/mol. The Balaban J connectivity index is 2.29. The van der Waals surface area contributed by atoms with Gasteiger partial charge in [0.1, 0.15) is 6.04 Å². The van der Waals surface area contributed by atoms with Crippen molar-refractivity contribution in [1.82, 2.24) is 9.80 Å². The van der Waals surface area contributed by atoms with Crippen molar-refractivity contribution in [3.05, 3.63) is 35.9 Å². The lowest BCUT2D eigenvalue weighted by Gasteiger charge is -2.44. The van der Waals surface area contributed by atoms with Crippen LogP contribution in [0.25, 0.3) is 0 Å². The molecule has 112 valence electrons. The maximum atomic E-state index is 13.2. The highest BCUT2D eigenvalue weighted by Crippen LogP contribution is 2.33. The number of halogens is 3. The molecule has 0 amide bonds. The van der Waals surface area contributed by atoms with Crippen LogP contribution < -0.4 is 5.73 Å². The second-order valence-electron chi connectivity index (χ2n) is 5.22. The third-order valence-corrected chi connectivity index (χ3v) is 3.81. The summed E-state index contributed by atoms with van der Waals surface area (Å²) < 4.78 is 39.5. The number of benzene rings is 1. The van der Waals surface area contributed by atoms with Gasteiger partial charge in [-0.05, 0) is 12.6 Å². The predicted molar refractivity (Wildman–Crippen MR) is 72.3 cm³/mol. The highest BCUT2D eigenvalue weighted by atomic mass is 19.4. The van der Waals surface area contributed by atoms with E-state index in [0.717, 1.165) is 5.56 Å². The normalized spacial score (nSPS) is 23.8. The lowest BCUT2D eigenvalue weighted by atomic mass is 10.00. The number of piperazine rings is 1. The highest BCUT2D eigenvalue weighted by Gasteiger charge is 2.46. The summed E-state index contributed by atoms with van der Waals surface area (Å²) >= 11 is 0. The van der Waals surface area contributed by atoms with Gasteiger partial charge in [-0.1, -0.05) is 30.3 Å². The van der Waals surface area contributed by atoms with Crippen LogP contribution in [0.4, 0.5) is 13.2 Å². The van der Waals surface area contributed by atoms with Gasteiger partial charge < -0.3 is 10.6 Å². The Kier molecular flexibility index (Phi) is 4.67. The van der Waals surface area contributed by atoms with Crippen LogP contribution in [0.1, 0.15) is 11.6 Å². The minimum absolute atomic E-state index is 0.273. The zero-order chi connectivity index (χ0) is 14.8. The molecule has 2 unspecified atom stereocenters. The van der Waals surface area contributed by atoms with E-state index in [1.807, 2.05) is 37.4 Å². The molecule has 0 spiro atoms. The van der Waals surface area contributed by atoms with Crippen LogP contribution in [0.5, 0.6) is 0 Å². The van der Waals surface area contributed by atoms with Crippen LogP contribution in [0.15, 0.2) is 30.3 Å². The maximum absolute atomic E-state index is 13.2. The summed E-state index contributed by atoms with van der Waals surface area (Å²) in [4.78, 5) is 3.55. The molecule has 1 aromatic rings. The lowest BCUT2D eigenvalue weighted by molar-refractivity contribution is -0.192. The second-order valence-corrected chi connectivity index (χ2v) is 5.22. The van der Waals surface area contributed by atoms with Crippen LogP contribution in [-0.2, 0) is 0 Å². The fraction of sp³-hybridized carbons (Fsp3) is 0.571. The van der Waals surface area contributed by atoms with Crippen molar-refractivity contribution in [3.63, 3.8) is 0 Å². The summed E-state index contributed by atoms with van der Waals surface area (Å²) in [6.45, 7) is 1.17. The smallest absolute Gasteiger partial charge is 0.329 e. The highest BCUT2D eigenvalue weighted by molar-refractivity contribution is 5.20. The van der Waals surface area contributed by atoms with E-state index in [4.69, 9.17) is 5.73 Å². The third kappa shape index (κ3) is 3.31. The molecular formula is C14H20F3N3. The van der Waals surface area contributed by atoms with Crippen molar-refractivity contribution < 1.29 is 13.2 Å². The second kappa shape index (κ2) is 6.11. The van der Waals surface area contributed by atoms with Crippen molar-refractivity contribution in [3.8, 4) is 0 Å². The van der Waals surface area contributed by atoms with Crippen molar-refractivity contribution in [2.75, 3.05) is 33.2 Å². The van der Waals surface area contributed by atoms with Gasteiger partial charge in [-0.25, -0.2) is 0 Å². The molecule has 0 aromatic heterocycles. The molecule has 0 aliphatic carbocycles. The van der Waals surface area contributed by atoms with Gasteiger partial charge >= 0.3 is 6.18 Å². The first-order valence-electron chi connectivity index (χ1n) is 6.69. The SMILES string of the molecule is CN1CCN(C(CN)C(F)(F)F)C(c2ccccc2)C1. The fourth-order valence-corrected chi connectivity index (χ4v) is 2.74. The van der Waals surface area contributed by atoms with E-state index in [9.17, 15) is 13.2 Å². The van der Waals surface area contributed by atoms with Gasteiger partial charge in [-0.3, -0.25) is 4.90 Å². The van der Waals surface area contributed by atoms with Gasteiger partial charge in [0, 0.05) is 32.2 Å². The molecule has 1 fully saturated rings. The van der Waals surface area contributed by atoms with Crippen LogP contribution in [-0.4, -0.2) is 55.2 Å². The number of likely N-dealkylation sites (N-methyl/N-ethyl adjacent to an activating group) is 1. The topological polar surface area (TPSA) is 32.5 Å². The molecule has 2 rings (SSSR count). The summed E-state index contributed by atoms with van der Waals surface area (Å²) in [6, 6.07) is 7.47. The molecule has 1 aliphatic heterocycles. The molecule has 0 bridgehead atoms. The van der Waals surface area contributed by atoms with E-state index in [-0.39, 0.29) is 6.04 Å². The maximum Gasteiger partial charge on any atom is 0.405 e. The number of hydrogen-bond donors (Lipinski definition) is 1. The molecule has 0 saturated carbocycles. The van der Waals surface area contributed by atoms with Gasteiger partial charge in [-0.2, -0.15) is 13.2 Å². The number of rotatable bonds is 3. The lowest BCUT2D eigenvalue weighted by Crippen LogP contribution is -2.57. The Morgan fingerprint density at radius 2 is 1.90 bits per heavy atom. The van der Waals surface area contributed by atoms with Crippen molar-refractivity contribution in [1.29, 1.82) is 0 Å². The van der Waals surface area contributed by atoms with Crippen LogP contribution in [0, 0.1) is 0 Å². The van der Waals surface area contributed by atoms with Crippen molar-refractivity contribution >= 4 is 0 Å². The molecule has 1 saturated heterocycles. The Hall–Kier alpha value is -1.11. The zero-order valence-corrected chi connectivity index (χ0v) is 11.5. The van der Waals surface area contributed by atoms with Gasteiger partial charge in [0.2, 0.25) is 0 Å². The average Bonchev–Trinajstić information content (AvgIpc) is 2.40. The molecular weight excluding hydrogens is 267 g/mol. The van der Waals surface area contributed by atoms with Gasteiger partial charge in [0.25, 0.3) is 0 Å². The van der Waals surface area contributed by atoms with Gasteiger partial charge in [0.15, 0.2) is 0 Å². The monoisotopic (exact) mass is 287 g/mol. The molecule has 1 aliphatic rings. The summed E-state index contributed by atoms with van der Waals surface area (Å²) in [5.74, 6) is 0. The Morgan fingerprint density at radius 3 is 2.45 bits per heavy atom. The first kappa shape index (κ1) is 15.3. The first-order chi connectivity index (χ1) is 9.43. The first-order valence-corrected chi connectivity index (χ1v) is 6.69. The van der Waals surface area contributed by atoms with Crippen molar-refractivity contribution in [2.45, 2.75) is 18.3 Å². The standard InChI is InChI=1S/C14H20F3N3/c1-19-7-8-20(13(9-18)14(15,16)17)12(10-19)11-5-3-2-4-6-11/h2-6,12-13H,7-10,18H2,1H3. The number of nitrogens with zero attached hydrogens (tertiary/aromatic N) is 2. The number of nitrogens with two attached hydrogens (primary N) is 1. The van der Waals surface area contributed by atoms with E-state index < -0.39 is 18.8 Å². The van der Waals surface area contributed by atoms with Gasteiger partial charge in [0.05, 0.1) is 0 Å². The summed E-state index contributed by atoms with van der Waals surface area (Å²) in [5, 5.41) is 0. The molecule has 1 heterocycles. The van der Waals surface area contributed by atoms with Gasteiger partial charge in [-0.15, -0.1) is 0 Å². The number of hydrogen-bond acceptors (Lipinski definition) is 3. The number of alkyl halides is 3. The minimum Gasteiger partial charge on any atom is -0.329 e. The Labute approximate surface area is 117 Å². The Bertz CT molecular complexity index is 421. The molecule has 2 atom stereocenters. The Morgan fingerprint density at radius 1 is 1.25 bits per heavy atom. The zero-order valence-electron chi connectivity index (χ0n) is 11.5. The van der Waals surface area contributed by atoms with E-state index in [2.05, 4.69) is 4.90 Å². The molecule has 6 heteroatoms. The molecule has 2 N–H and O–H groups in total. The fourth-order valence-electron chi connectivity index (χ4n) is 2.74. The minimum atomic E-state index is -4.29. The molecule has 1 aromatic carbocycles.